The SMILES string of the molecule is CCOc1cccc(C(C)NC(=O)[C@@H](N)Cc2cn(Cc3ccccc3)cn2)c1.Cl.Cl. The van der Waals surface area contributed by atoms with Gasteiger partial charge in [-0.05, 0) is 37.1 Å². The summed E-state index contributed by atoms with van der Waals surface area (Å²) in [6, 6.07) is 17.1. The first-order valence-corrected chi connectivity index (χ1v) is 9.88. The van der Waals surface area contributed by atoms with E-state index in [1.54, 1.807) is 6.33 Å². The summed E-state index contributed by atoms with van der Waals surface area (Å²) in [6.07, 6.45) is 4.10. The van der Waals surface area contributed by atoms with Crippen LogP contribution in [0.25, 0.3) is 0 Å². The monoisotopic (exact) mass is 464 g/mol. The summed E-state index contributed by atoms with van der Waals surface area (Å²) < 4.78 is 7.52. The number of hydrogen-bond donors (Lipinski definition) is 2. The van der Waals surface area contributed by atoms with E-state index in [-0.39, 0.29) is 36.8 Å². The Morgan fingerprint density at radius 1 is 1.16 bits per heavy atom. The predicted octanol–water partition coefficient (Wildman–Crippen LogP) is 3.92. The molecule has 3 aromatic rings. The van der Waals surface area contributed by atoms with Crippen molar-refractivity contribution in [3.63, 3.8) is 0 Å². The lowest BCUT2D eigenvalue weighted by atomic mass is 10.1. The van der Waals surface area contributed by atoms with Crippen molar-refractivity contribution < 1.29 is 9.53 Å². The maximum atomic E-state index is 12.5. The molecule has 1 unspecified atom stereocenters. The van der Waals surface area contributed by atoms with Gasteiger partial charge in [-0.3, -0.25) is 4.79 Å². The third-order valence-corrected chi connectivity index (χ3v) is 4.69. The molecule has 0 saturated heterocycles. The molecule has 1 heterocycles. The number of nitrogens with zero attached hydrogens (tertiary/aromatic N) is 2. The zero-order chi connectivity index (χ0) is 20.6. The van der Waals surface area contributed by atoms with E-state index < -0.39 is 6.04 Å². The van der Waals surface area contributed by atoms with Gasteiger partial charge in [-0.2, -0.15) is 0 Å². The fraction of sp³-hybridized carbons (Fsp3) is 0.304. The quantitative estimate of drug-likeness (QED) is 0.502. The van der Waals surface area contributed by atoms with Gasteiger partial charge < -0.3 is 20.4 Å². The zero-order valence-corrected chi connectivity index (χ0v) is 19.4. The van der Waals surface area contributed by atoms with Crippen LogP contribution in [-0.2, 0) is 17.8 Å². The number of carbonyl (C=O) groups excluding carboxylic acids is 1. The molecule has 3 N–H and O–H groups in total. The lowest BCUT2D eigenvalue weighted by Crippen LogP contribution is -2.43. The van der Waals surface area contributed by atoms with Crippen LogP contribution in [0.3, 0.4) is 0 Å². The third kappa shape index (κ3) is 7.90. The van der Waals surface area contributed by atoms with E-state index in [1.165, 1.54) is 5.56 Å². The lowest BCUT2D eigenvalue weighted by Gasteiger charge is -2.18. The first-order valence-electron chi connectivity index (χ1n) is 9.88. The van der Waals surface area contributed by atoms with E-state index >= 15 is 0 Å². The minimum absolute atomic E-state index is 0. The first-order chi connectivity index (χ1) is 14.0. The molecule has 8 heteroatoms. The number of halogens is 2. The van der Waals surface area contributed by atoms with Crippen molar-refractivity contribution in [1.29, 1.82) is 0 Å². The molecule has 0 aliphatic heterocycles. The number of hydrogen-bond acceptors (Lipinski definition) is 4. The zero-order valence-electron chi connectivity index (χ0n) is 17.7. The number of benzene rings is 2. The largest absolute Gasteiger partial charge is 0.494 e. The highest BCUT2D eigenvalue weighted by atomic mass is 35.5. The summed E-state index contributed by atoms with van der Waals surface area (Å²) in [5, 5.41) is 2.98. The Labute approximate surface area is 196 Å². The summed E-state index contributed by atoms with van der Waals surface area (Å²) >= 11 is 0. The van der Waals surface area contributed by atoms with E-state index in [4.69, 9.17) is 10.5 Å². The van der Waals surface area contributed by atoms with Crippen LogP contribution in [0.5, 0.6) is 5.75 Å². The van der Waals surface area contributed by atoms with Crippen molar-refractivity contribution in [2.24, 2.45) is 5.73 Å². The van der Waals surface area contributed by atoms with Crippen LogP contribution in [0, 0.1) is 0 Å². The molecule has 2 atom stereocenters. The topological polar surface area (TPSA) is 82.2 Å². The van der Waals surface area contributed by atoms with Crippen molar-refractivity contribution >= 4 is 30.7 Å². The van der Waals surface area contributed by atoms with Crippen LogP contribution in [0.15, 0.2) is 67.1 Å². The fourth-order valence-corrected chi connectivity index (χ4v) is 3.15. The highest BCUT2D eigenvalue weighted by Gasteiger charge is 2.18. The summed E-state index contributed by atoms with van der Waals surface area (Å²) in [5.74, 6) is 0.594. The number of ether oxygens (including phenoxy) is 1. The molecule has 0 spiro atoms. The number of carbonyl (C=O) groups is 1. The smallest absolute Gasteiger partial charge is 0.237 e. The minimum atomic E-state index is -0.660. The molecular formula is C23H30Cl2N4O2. The van der Waals surface area contributed by atoms with Crippen molar-refractivity contribution in [1.82, 2.24) is 14.9 Å². The lowest BCUT2D eigenvalue weighted by molar-refractivity contribution is -0.123. The van der Waals surface area contributed by atoms with Crippen LogP contribution in [-0.4, -0.2) is 28.1 Å². The maximum Gasteiger partial charge on any atom is 0.237 e. The van der Waals surface area contributed by atoms with Crippen LogP contribution in [0.4, 0.5) is 0 Å². The predicted molar refractivity (Wildman–Crippen MR) is 128 cm³/mol. The Morgan fingerprint density at radius 3 is 2.61 bits per heavy atom. The van der Waals surface area contributed by atoms with Crippen LogP contribution in [0.1, 0.15) is 36.7 Å². The molecule has 0 aliphatic carbocycles. The molecule has 1 aromatic heterocycles. The number of imidazole rings is 1. The van der Waals surface area contributed by atoms with E-state index in [0.717, 1.165) is 23.6 Å². The third-order valence-electron chi connectivity index (χ3n) is 4.69. The van der Waals surface area contributed by atoms with Gasteiger partial charge in [0.25, 0.3) is 0 Å². The van der Waals surface area contributed by atoms with Gasteiger partial charge in [0, 0.05) is 19.2 Å². The average molecular weight is 465 g/mol. The number of nitrogens with two attached hydrogens (primary N) is 1. The Kier molecular flexibility index (Phi) is 11.1. The summed E-state index contributed by atoms with van der Waals surface area (Å²) in [6.45, 7) is 5.22. The molecule has 1 amide bonds. The molecule has 0 fully saturated rings. The maximum absolute atomic E-state index is 12.5. The second-order valence-corrected chi connectivity index (χ2v) is 7.07. The summed E-state index contributed by atoms with van der Waals surface area (Å²) in [4.78, 5) is 16.9. The van der Waals surface area contributed by atoms with Gasteiger partial charge in [-0.25, -0.2) is 4.98 Å². The van der Waals surface area contributed by atoms with Crippen molar-refractivity contribution in [2.45, 2.75) is 38.9 Å². The Balaban J connectivity index is 0.00000240. The minimum Gasteiger partial charge on any atom is -0.494 e. The van der Waals surface area contributed by atoms with Crippen LogP contribution in [0.2, 0.25) is 0 Å². The second kappa shape index (κ2) is 13.0. The molecule has 0 aliphatic rings. The number of rotatable bonds is 9. The normalized spacial score (nSPS) is 12.1. The first kappa shape index (κ1) is 26.5. The molecule has 0 bridgehead atoms. The van der Waals surface area contributed by atoms with Gasteiger partial charge >= 0.3 is 0 Å². The van der Waals surface area contributed by atoms with E-state index in [0.29, 0.717) is 13.0 Å². The molecule has 168 valence electrons. The van der Waals surface area contributed by atoms with Gasteiger partial charge in [0.15, 0.2) is 0 Å². The number of amides is 1. The van der Waals surface area contributed by atoms with Gasteiger partial charge in [0.1, 0.15) is 5.75 Å². The average Bonchev–Trinajstić information content (AvgIpc) is 3.15. The molecule has 6 nitrogen and oxygen atoms in total. The van der Waals surface area contributed by atoms with Crippen molar-refractivity contribution in [3.05, 3.63) is 83.9 Å². The van der Waals surface area contributed by atoms with E-state index in [9.17, 15) is 4.79 Å². The number of nitrogens with one attached hydrogen (secondary N) is 1. The van der Waals surface area contributed by atoms with E-state index in [2.05, 4.69) is 22.4 Å². The summed E-state index contributed by atoms with van der Waals surface area (Å²) in [7, 11) is 0. The Hall–Kier alpha value is -2.54. The van der Waals surface area contributed by atoms with Gasteiger partial charge in [-0.15, -0.1) is 24.8 Å². The molecule has 0 radical (unpaired) electrons. The van der Waals surface area contributed by atoms with Gasteiger partial charge in [-0.1, -0.05) is 42.5 Å². The number of aromatic nitrogens is 2. The van der Waals surface area contributed by atoms with Gasteiger partial charge in [0.05, 0.1) is 30.7 Å². The van der Waals surface area contributed by atoms with Crippen LogP contribution >= 0.6 is 24.8 Å². The molecule has 3 rings (SSSR count). The Morgan fingerprint density at radius 2 is 1.90 bits per heavy atom. The fourth-order valence-electron chi connectivity index (χ4n) is 3.15. The Bertz CT molecular complexity index is 934. The second-order valence-electron chi connectivity index (χ2n) is 7.07. The molecule has 2 aromatic carbocycles. The summed E-state index contributed by atoms with van der Waals surface area (Å²) in [5.41, 5.74) is 9.10. The highest BCUT2D eigenvalue weighted by Crippen LogP contribution is 2.19. The van der Waals surface area contributed by atoms with E-state index in [1.807, 2.05) is 67.1 Å². The molecular weight excluding hydrogens is 435 g/mol. The molecule has 0 saturated carbocycles. The van der Waals surface area contributed by atoms with Crippen molar-refractivity contribution in [3.8, 4) is 5.75 Å². The molecule has 31 heavy (non-hydrogen) atoms. The standard InChI is InChI=1S/C23H28N4O2.2ClH/c1-3-29-21-11-7-10-19(12-21)17(2)26-23(28)22(24)13-20-15-27(16-25-20)14-18-8-5-4-6-9-18;;/h4-12,15-17,22H,3,13-14,24H2,1-2H3,(H,26,28);2*1H/t17?,22-;;/m0../s1. The van der Waals surface area contributed by atoms with Crippen LogP contribution < -0.4 is 15.8 Å². The highest BCUT2D eigenvalue weighted by molar-refractivity contribution is 5.85. The van der Waals surface area contributed by atoms with Gasteiger partial charge in [0.2, 0.25) is 5.91 Å². The van der Waals surface area contributed by atoms with Crippen molar-refractivity contribution in [2.75, 3.05) is 6.61 Å².